The van der Waals surface area contributed by atoms with E-state index in [2.05, 4.69) is 6.92 Å². The molecule has 0 aromatic heterocycles. The highest BCUT2D eigenvalue weighted by Gasteiger charge is 2.16. The van der Waals surface area contributed by atoms with Crippen molar-refractivity contribution in [3.63, 3.8) is 0 Å². The molecular formula is C21H43O3P. The summed E-state index contributed by atoms with van der Waals surface area (Å²) >= 11 is 0. The second-order valence-corrected chi connectivity index (χ2v) is 8.91. The van der Waals surface area contributed by atoms with E-state index in [1.54, 1.807) is 5.82 Å². The normalized spacial score (nSPS) is 14.2. The lowest BCUT2D eigenvalue weighted by molar-refractivity contribution is 0.253. The molecule has 0 spiro atoms. The molecular weight excluding hydrogens is 331 g/mol. The highest BCUT2D eigenvalue weighted by Crippen LogP contribution is 2.48. The van der Waals surface area contributed by atoms with Crippen molar-refractivity contribution in [2.24, 2.45) is 0 Å². The summed E-state index contributed by atoms with van der Waals surface area (Å²) in [5, 5.41) is 0. The molecule has 3 nitrogen and oxygen atoms in total. The molecule has 25 heavy (non-hydrogen) atoms. The summed E-state index contributed by atoms with van der Waals surface area (Å²) in [4.78, 5) is 0. The predicted molar refractivity (Wildman–Crippen MR) is 110 cm³/mol. The third-order valence-corrected chi connectivity index (χ3v) is 6.28. The average molecular weight is 375 g/mol. The van der Waals surface area contributed by atoms with Gasteiger partial charge in [-0.05, 0) is 19.8 Å². The van der Waals surface area contributed by atoms with Gasteiger partial charge in [0.1, 0.15) is 0 Å². The highest BCUT2D eigenvalue weighted by molar-refractivity contribution is 7.57. The lowest BCUT2D eigenvalue weighted by Crippen LogP contribution is -1.88. The zero-order valence-electron chi connectivity index (χ0n) is 17.1. The van der Waals surface area contributed by atoms with E-state index >= 15 is 0 Å². The van der Waals surface area contributed by atoms with Gasteiger partial charge in [0.2, 0.25) is 0 Å². The van der Waals surface area contributed by atoms with Crippen LogP contribution in [0.1, 0.15) is 110 Å². The SMILES string of the molecule is CCCCCCCCCCCCCCCCC=CP(=O)(OC)OCC. The van der Waals surface area contributed by atoms with Crippen LogP contribution in [0.2, 0.25) is 0 Å². The van der Waals surface area contributed by atoms with Gasteiger partial charge in [0.25, 0.3) is 0 Å². The summed E-state index contributed by atoms with van der Waals surface area (Å²) in [7, 11) is -1.53. The predicted octanol–water partition coefficient (Wildman–Crippen LogP) is 8.25. The van der Waals surface area contributed by atoms with Crippen molar-refractivity contribution in [1.29, 1.82) is 0 Å². The Morgan fingerprint density at radius 1 is 0.720 bits per heavy atom. The zero-order valence-corrected chi connectivity index (χ0v) is 18.0. The standard InChI is InChI=1S/C21H43O3P/c1-4-6-7-8-9-10-11-12-13-14-15-16-17-18-19-20-21-25(22,23-3)24-5-2/h20-21H,4-19H2,1-3H3. The van der Waals surface area contributed by atoms with Gasteiger partial charge in [-0.1, -0.05) is 96.5 Å². The smallest absolute Gasteiger partial charge is 0.309 e. The molecule has 0 amide bonds. The maximum absolute atomic E-state index is 12.0. The van der Waals surface area contributed by atoms with Gasteiger partial charge < -0.3 is 9.05 Å². The molecule has 0 saturated heterocycles. The van der Waals surface area contributed by atoms with E-state index in [0.717, 1.165) is 12.8 Å². The second-order valence-electron chi connectivity index (χ2n) is 6.91. The summed E-state index contributed by atoms with van der Waals surface area (Å²) in [6.07, 6.45) is 22.1. The Bertz CT molecular complexity index is 342. The Balaban J connectivity index is 3.30. The maximum atomic E-state index is 12.0. The van der Waals surface area contributed by atoms with Gasteiger partial charge in [-0.2, -0.15) is 0 Å². The van der Waals surface area contributed by atoms with Crippen LogP contribution in [-0.4, -0.2) is 13.7 Å². The van der Waals surface area contributed by atoms with Crippen LogP contribution in [0.15, 0.2) is 11.9 Å². The van der Waals surface area contributed by atoms with E-state index in [1.807, 2.05) is 13.0 Å². The molecule has 0 N–H and O–H groups in total. The molecule has 1 unspecified atom stereocenters. The Morgan fingerprint density at radius 3 is 1.56 bits per heavy atom. The van der Waals surface area contributed by atoms with Crippen LogP contribution >= 0.6 is 7.60 Å². The maximum Gasteiger partial charge on any atom is 0.353 e. The highest BCUT2D eigenvalue weighted by atomic mass is 31.2. The third kappa shape index (κ3) is 17.1. The third-order valence-electron chi connectivity index (χ3n) is 4.58. The molecule has 4 heteroatoms. The fourth-order valence-electron chi connectivity index (χ4n) is 3.00. The lowest BCUT2D eigenvalue weighted by atomic mass is 10.0. The van der Waals surface area contributed by atoms with Crippen LogP contribution in [0.3, 0.4) is 0 Å². The molecule has 0 aliphatic heterocycles. The van der Waals surface area contributed by atoms with E-state index in [-0.39, 0.29) is 0 Å². The molecule has 0 aliphatic carbocycles. The molecule has 0 rings (SSSR count). The second kappa shape index (κ2) is 18.7. The van der Waals surface area contributed by atoms with Crippen molar-refractivity contribution in [2.45, 2.75) is 110 Å². The Labute approximate surface area is 157 Å². The molecule has 0 fully saturated rings. The molecule has 0 radical (unpaired) electrons. The fourth-order valence-corrected chi connectivity index (χ4v) is 4.08. The minimum atomic E-state index is -2.97. The van der Waals surface area contributed by atoms with Crippen LogP contribution in [0, 0.1) is 0 Å². The average Bonchev–Trinajstić information content (AvgIpc) is 2.61. The molecule has 1 atom stereocenters. The first-order valence-electron chi connectivity index (χ1n) is 10.7. The van der Waals surface area contributed by atoms with E-state index in [9.17, 15) is 4.57 Å². The number of hydrogen-bond donors (Lipinski definition) is 0. The van der Waals surface area contributed by atoms with Gasteiger partial charge in [0.15, 0.2) is 0 Å². The van der Waals surface area contributed by atoms with Crippen molar-refractivity contribution < 1.29 is 13.6 Å². The van der Waals surface area contributed by atoms with E-state index < -0.39 is 7.60 Å². The van der Waals surface area contributed by atoms with Crippen LogP contribution in [0.5, 0.6) is 0 Å². The summed E-state index contributed by atoms with van der Waals surface area (Å²) < 4.78 is 22.1. The van der Waals surface area contributed by atoms with Crippen LogP contribution in [0.25, 0.3) is 0 Å². The minimum Gasteiger partial charge on any atom is -0.309 e. The van der Waals surface area contributed by atoms with Gasteiger partial charge in [-0.3, -0.25) is 4.57 Å². The van der Waals surface area contributed by atoms with Crippen LogP contribution < -0.4 is 0 Å². The number of unbranched alkanes of at least 4 members (excludes halogenated alkanes) is 14. The number of allylic oxidation sites excluding steroid dienone is 1. The molecule has 0 aliphatic rings. The topological polar surface area (TPSA) is 35.5 Å². The first-order chi connectivity index (χ1) is 12.2. The Morgan fingerprint density at radius 2 is 1.16 bits per heavy atom. The molecule has 0 aromatic carbocycles. The fraction of sp³-hybridized carbons (Fsp3) is 0.905. The van der Waals surface area contributed by atoms with Gasteiger partial charge >= 0.3 is 7.60 Å². The van der Waals surface area contributed by atoms with Crippen molar-refractivity contribution in [3.05, 3.63) is 11.9 Å². The van der Waals surface area contributed by atoms with Crippen LogP contribution in [0.4, 0.5) is 0 Å². The van der Waals surface area contributed by atoms with Gasteiger partial charge in [-0.25, -0.2) is 0 Å². The largest absolute Gasteiger partial charge is 0.353 e. The lowest BCUT2D eigenvalue weighted by Gasteiger charge is -2.10. The monoisotopic (exact) mass is 374 g/mol. The minimum absolute atomic E-state index is 0.411. The van der Waals surface area contributed by atoms with Crippen molar-refractivity contribution in [1.82, 2.24) is 0 Å². The van der Waals surface area contributed by atoms with Gasteiger partial charge in [0.05, 0.1) is 6.61 Å². The molecule has 0 aromatic rings. The van der Waals surface area contributed by atoms with Crippen molar-refractivity contribution in [2.75, 3.05) is 13.7 Å². The molecule has 0 heterocycles. The summed E-state index contributed by atoms with van der Waals surface area (Å²) in [5.41, 5.74) is 0. The quantitative estimate of drug-likeness (QED) is 0.169. The summed E-state index contributed by atoms with van der Waals surface area (Å²) in [6, 6.07) is 0. The first kappa shape index (κ1) is 24.9. The van der Waals surface area contributed by atoms with Crippen LogP contribution in [-0.2, 0) is 13.6 Å². The van der Waals surface area contributed by atoms with E-state index in [0.29, 0.717) is 6.61 Å². The Hall–Kier alpha value is -0.110. The van der Waals surface area contributed by atoms with E-state index in [1.165, 1.54) is 90.6 Å². The summed E-state index contributed by atoms with van der Waals surface area (Å²) in [6.45, 7) is 4.51. The number of hydrogen-bond acceptors (Lipinski definition) is 3. The Kier molecular flexibility index (Phi) is 18.6. The first-order valence-corrected chi connectivity index (χ1v) is 12.3. The molecule has 0 saturated carbocycles. The van der Waals surface area contributed by atoms with E-state index in [4.69, 9.17) is 9.05 Å². The zero-order chi connectivity index (χ0) is 18.6. The number of rotatable bonds is 19. The van der Waals surface area contributed by atoms with Crippen molar-refractivity contribution in [3.8, 4) is 0 Å². The van der Waals surface area contributed by atoms with Gasteiger partial charge in [-0.15, -0.1) is 0 Å². The summed E-state index contributed by atoms with van der Waals surface area (Å²) in [5.74, 6) is 1.61. The van der Waals surface area contributed by atoms with Crippen molar-refractivity contribution >= 4 is 7.60 Å². The van der Waals surface area contributed by atoms with Gasteiger partial charge in [0, 0.05) is 12.9 Å². The molecule has 0 bridgehead atoms. The molecule has 150 valence electrons.